The molecule has 1 unspecified atom stereocenters. The van der Waals surface area contributed by atoms with Crippen LogP contribution >= 0.6 is 20.6 Å². The van der Waals surface area contributed by atoms with Crippen LogP contribution in [0, 0.1) is 0 Å². The van der Waals surface area contributed by atoms with Crippen molar-refractivity contribution in [2.45, 2.75) is 6.92 Å². The van der Waals surface area contributed by atoms with E-state index in [4.69, 9.17) is 4.55 Å². The van der Waals surface area contributed by atoms with Gasteiger partial charge in [-0.05, 0) is 28.7 Å². The first-order valence-electron chi connectivity index (χ1n) is 2.56. The predicted molar refractivity (Wildman–Crippen MR) is 47.6 cm³/mol. The summed E-state index contributed by atoms with van der Waals surface area (Å²) < 4.78 is 32.9. The van der Waals surface area contributed by atoms with Crippen molar-refractivity contribution in [1.29, 1.82) is 0 Å². The van der Waals surface area contributed by atoms with Gasteiger partial charge in [-0.3, -0.25) is 4.55 Å². The second-order valence-corrected chi connectivity index (χ2v) is 5.98. The molecule has 1 atom stereocenters. The van der Waals surface area contributed by atoms with Crippen molar-refractivity contribution in [2.75, 3.05) is 0 Å². The third kappa shape index (κ3) is 3.39. The first-order chi connectivity index (χ1) is 4.97. The fourth-order valence-corrected chi connectivity index (χ4v) is 4.52. The Morgan fingerprint density at radius 3 is 2.73 bits per heavy atom. The molecule has 1 aliphatic rings. The van der Waals surface area contributed by atoms with Crippen LogP contribution in [0.3, 0.4) is 0 Å². The number of allylic oxidation sites excluding steroid dienone is 1. The summed E-state index contributed by atoms with van der Waals surface area (Å²) in [6.07, 6.45) is 0. The van der Waals surface area contributed by atoms with Gasteiger partial charge in [0.1, 0.15) is 0 Å². The summed E-state index contributed by atoms with van der Waals surface area (Å²) in [5.74, 6) is 0. The predicted octanol–water partition coefficient (Wildman–Crippen LogP) is 1.36. The van der Waals surface area contributed by atoms with Crippen LogP contribution in [0.5, 0.6) is 0 Å². The van der Waals surface area contributed by atoms with Crippen molar-refractivity contribution < 1.29 is 16.6 Å². The summed E-state index contributed by atoms with van der Waals surface area (Å²) in [4.78, 5) is 0. The smallest absolute Gasteiger partial charge is 0.263 e. The van der Waals surface area contributed by atoms with Gasteiger partial charge in [0.05, 0.1) is 0 Å². The Hall–Kier alpha value is 0.180. The van der Waals surface area contributed by atoms with Crippen LogP contribution in [0.15, 0.2) is 11.0 Å². The highest BCUT2D eigenvalue weighted by molar-refractivity contribution is 8.84. The standard InChI is InChI=1S/C4H6O4S3/c1-4-2-9-10(3-4)8-11(5,6)7/h2-3H,1H3,(H,5,6,7). The van der Waals surface area contributed by atoms with Gasteiger partial charge in [-0.25, -0.2) is 0 Å². The maximum absolute atomic E-state index is 10.2. The highest BCUT2D eigenvalue weighted by atomic mass is 33.1. The summed E-state index contributed by atoms with van der Waals surface area (Å²) in [5.41, 5.74) is 0.946. The molecule has 0 fully saturated rings. The van der Waals surface area contributed by atoms with Crippen LogP contribution in [0.1, 0.15) is 6.92 Å². The van der Waals surface area contributed by atoms with Gasteiger partial charge in [0.15, 0.2) is 0 Å². The maximum atomic E-state index is 10.2. The SMILES string of the molecule is CC1=CSS(OS(=O)(=O)O)=C1. The molecule has 0 spiro atoms. The Labute approximate surface area is 71.1 Å². The monoisotopic (exact) mass is 214 g/mol. The van der Waals surface area contributed by atoms with Crippen LogP contribution in [0.2, 0.25) is 0 Å². The maximum Gasteiger partial charge on any atom is 0.408 e. The lowest BCUT2D eigenvalue weighted by atomic mass is 10.4. The molecule has 1 rings (SSSR count). The van der Waals surface area contributed by atoms with Gasteiger partial charge >= 0.3 is 10.4 Å². The second kappa shape index (κ2) is 3.28. The van der Waals surface area contributed by atoms with Gasteiger partial charge in [-0.2, -0.15) is 12.0 Å². The molecule has 64 valence electrons. The minimum Gasteiger partial charge on any atom is -0.263 e. The summed E-state index contributed by atoms with van der Waals surface area (Å²) in [6, 6.07) is 0. The van der Waals surface area contributed by atoms with Gasteiger partial charge in [0.25, 0.3) is 0 Å². The first kappa shape index (κ1) is 9.27. The fraction of sp³-hybridized carbons (Fsp3) is 0.250. The molecule has 0 aliphatic carbocycles. The van der Waals surface area contributed by atoms with E-state index >= 15 is 0 Å². The van der Waals surface area contributed by atoms with Gasteiger partial charge in [0.2, 0.25) is 0 Å². The van der Waals surface area contributed by atoms with E-state index in [1.807, 2.05) is 6.92 Å². The largest absolute Gasteiger partial charge is 0.408 e. The number of hydrogen-bond donors (Lipinski definition) is 1. The zero-order valence-corrected chi connectivity index (χ0v) is 8.00. The highest BCUT2D eigenvalue weighted by Gasteiger charge is 2.11. The van der Waals surface area contributed by atoms with Crippen molar-refractivity contribution in [1.82, 2.24) is 0 Å². The zero-order valence-electron chi connectivity index (χ0n) is 5.55. The van der Waals surface area contributed by atoms with E-state index in [9.17, 15) is 8.42 Å². The normalized spacial score (nSPS) is 24.5. The van der Waals surface area contributed by atoms with E-state index < -0.39 is 20.2 Å². The summed E-state index contributed by atoms with van der Waals surface area (Å²) in [7, 11) is -3.94. The van der Waals surface area contributed by atoms with E-state index in [1.165, 1.54) is 10.8 Å². The summed E-state index contributed by atoms with van der Waals surface area (Å²) in [5, 5.41) is 3.41. The van der Waals surface area contributed by atoms with Crippen molar-refractivity contribution >= 4 is 36.4 Å². The molecule has 0 aromatic carbocycles. The van der Waals surface area contributed by atoms with Crippen molar-refractivity contribution in [3.63, 3.8) is 0 Å². The van der Waals surface area contributed by atoms with Crippen molar-refractivity contribution in [2.24, 2.45) is 0 Å². The van der Waals surface area contributed by atoms with Gasteiger partial charge < -0.3 is 0 Å². The highest BCUT2D eigenvalue weighted by Crippen LogP contribution is 2.39. The molecule has 7 heteroatoms. The first-order valence-corrected chi connectivity index (χ1v) is 6.54. The molecule has 0 amide bonds. The zero-order chi connectivity index (χ0) is 8.48. The van der Waals surface area contributed by atoms with E-state index in [2.05, 4.69) is 3.63 Å². The van der Waals surface area contributed by atoms with Gasteiger partial charge in [0, 0.05) is 15.2 Å². The molecule has 1 aliphatic heterocycles. The lowest BCUT2D eigenvalue weighted by molar-refractivity contribution is 0.409. The van der Waals surface area contributed by atoms with Crippen LogP contribution in [-0.2, 0) is 14.0 Å². The molecular formula is C4H6O4S3. The third-order valence-corrected chi connectivity index (χ3v) is 4.86. The molecule has 1 N–H and O–H groups in total. The molecule has 0 saturated heterocycles. The Morgan fingerprint density at radius 1 is 1.73 bits per heavy atom. The molecule has 0 aromatic heterocycles. The lowest BCUT2D eigenvalue weighted by Crippen LogP contribution is -1.96. The molecule has 0 aromatic rings. The molecule has 0 radical (unpaired) electrons. The summed E-state index contributed by atoms with van der Waals surface area (Å²) in [6.45, 7) is 1.83. The Morgan fingerprint density at radius 2 is 2.36 bits per heavy atom. The average molecular weight is 214 g/mol. The molecule has 11 heavy (non-hydrogen) atoms. The van der Waals surface area contributed by atoms with Gasteiger partial charge in [-0.1, -0.05) is 0 Å². The molecular weight excluding hydrogens is 208 g/mol. The average Bonchev–Trinajstić information content (AvgIpc) is 2.10. The lowest BCUT2D eigenvalue weighted by Gasteiger charge is -1.97. The Kier molecular flexibility index (Phi) is 2.76. The van der Waals surface area contributed by atoms with Gasteiger partial charge in [-0.15, -0.1) is 0 Å². The topological polar surface area (TPSA) is 63.6 Å². The quantitative estimate of drug-likeness (QED) is 0.427. The number of rotatable bonds is 2. The minimum atomic E-state index is -4.30. The third-order valence-electron chi connectivity index (χ3n) is 0.764. The van der Waals surface area contributed by atoms with Crippen LogP contribution in [0.4, 0.5) is 0 Å². The van der Waals surface area contributed by atoms with Crippen LogP contribution < -0.4 is 0 Å². The summed E-state index contributed by atoms with van der Waals surface area (Å²) >= 11 is 0. The van der Waals surface area contributed by atoms with E-state index in [1.54, 1.807) is 10.8 Å². The van der Waals surface area contributed by atoms with E-state index in [0.29, 0.717) is 0 Å². The van der Waals surface area contributed by atoms with E-state index in [0.717, 1.165) is 5.57 Å². The molecule has 0 saturated carbocycles. The van der Waals surface area contributed by atoms with Crippen LogP contribution in [-0.4, -0.2) is 18.3 Å². The number of hydrogen-bond acceptors (Lipinski definition) is 4. The Bertz CT molecular complexity index is 312. The molecule has 1 heterocycles. The molecule has 4 nitrogen and oxygen atoms in total. The minimum absolute atomic E-state index is 0.866. The molecule has 0 bridgehead atoms. The van der Waals surface area contributed by atoms with Crippen molar-refractivity contribution in [3.05, 3.63) is 11.0 Å². The second-order valence-electron chi connectivity index (χ2n) is 1.83. The fourth-order valence-electron chi connectivity index (χ4n) is 0.451. The Balaban J connectivity index is 2.63. The van der Waals surface area contributed by atoms with Crippen molar-refractivity contribution in [3.8, 4) is 0 Å². The van der Waals surface area contributed by atoms with Crippen LogP contribution in [0.25, 0.3) is 0 Å². The van der Waals surface area contributed by atoms with E-state index in [-0.39, 0.29) is 0 Å².